The van der Waals surface area contributed by atoms with Crippen LogP contribution in [0.15, 0.2) is 6.33 Å². The fourth-order valence-corrected chi connectivity index (χ4v) is 3.52. The Hall–Kier alpha value is -0.870. The molecule has 2 aliphatic carbocycles. The number of hydrogen-bond donors (Lipinski definition) is 2. The van der Waals surface area contributed by atoms with Crippen LogP contribution in [0.5, 0.6) is 0 Å². The first-order valence-corrected chi connectivity index (χ1v) is 7.68. The minimum Gasteiger partial charge on any atom is -0.394 e. The Morgan fingerprint density at radius 2 is 2.21 bits per heavy atom. The zero-order chi connectivity index (χ0) is 13.3. The number of likely N-dealkylation sites (N-methyl/N-ethyl adjacent to an activating group) is 1. The van der Waals surface area contributed by atoms with Gasteiger partial charge >= 0.3 is 0 Å². The maximum absolute atomic E-state index is 9.92. The second-order valence-corrected chi connectivity index (χ2v) is 6.09. The van der Waals surface area contributed by atoms with Crippen molar-refractivity contribution in [1.82, 2.24) is 14.9 Å². The van der Waals surface area contributed by atoms with Crippen LogP contribution in [0.25, 0.3) is 0 Å². The third kappa shape index (κ3) is 2.43. The van der Waals surface area contributed by atoms with Gasteiger partial charge in [-0.15, -0.1) is 0 Å². The molecule has 0 bridgehead atoms. The van der Waals surface area contributed by atoms with Crippen molar-refractivity contribution in [3.05, 3.63) is 17.7 Å². The Bertz CT molecular complexity index is 439. The van der Waals surface area contributed by atoms with Crippen LogP contribution in [-0.2, 0) is 19.4 Å². The van der Waals surface area contributed by atoms with Crippen molar-refractivity contribution in [2.24, 2.45) is 5.92 Å². The first-order chi connectivity index (χ1) is 9.29. The Labute approximate surface area is 115 Å². The number of fused-ring (bicyclic) bond motifs is 1. The average molecular weight is 263 g/mol. The lowest BCUT2D eigenvalue weighted by molar-refractivity contribution is 0.123. The highest BCUT2D eigenvalue weighted by Crippen LogP contribution is 2.41. The van der Waals surface area contributed by atoms with Gasteiger partial charge in [0.15, 0.2) is 0 Å². The molecule has 1 aromatic heterocycles. The SMILES string of the molecule is CCNC(CO)(Cn1cnc2c1CCCC2)C1CC1. The first-order valence-electron chi connectivity index (χ1n) is 7.68. The van der Waals surface area contributed by atoms with E-state index in [1.807, 2.05) is 6.33 Å². The van der Waals surface area contributed by atoms with E-state index >= 15 is 0 Å². The van der Waals surface area contributed by atoms with Gasteiger partial charge in [0, 0.05) is 12.2 Å². The summed E-state index contributed by atoms with van der Waals surface area (Å²) in [6.07, 6.45) is 9.28. The molecule has 1 atom stereocenters. The average Bonchev–Trinajstić information content (AvgIpc) is 3.22. The van der Waals surface area contributed by atoms with Gasteiger partial charge in [-0.05, 0) is 51.0 Å². The van der Waals surface area contributed by atoms with E-state index < -0.39 is 0 Å². The van der Waals surface area contributed by atoms with Gasteiger partial charge in [0.05, 0.1) is 24.2 Å². The molecule has 0 radical (unpaired) electrons. The maximum Gasteiger partial charge on any atom is 0.0952 e. The molecule has 4 nitrogen and oxygen atoms in total. The fraction of sp³-hybridized carbons (Fsp3) is 0.800. The number of aliphatic hydroxyl groups excluding tert-OH is 1. The minimum absolute atomic E-state index is 0.138. The predicted molar refractivity (Wildman–Crippen MR) is 75.1 cm³/mol. The zero-order valence-electron chi connectivity index (χ0n) is 11.9. The molecule has 2 N–H and O–H groups in total. The second kappa shape index (κ2) is 5.25. The minimum atomic E-state index is -0.138. The number of imidazole rings is 1. The topological polar surface area (TPSA) is 50.1 Å². The van der Waals surface area contributed by atoms with Crippen LogP contribution in [0.3, 0.4) is 0 Å². The summed E-state index contributed by atoms with van der Waals surface area (Å²) in [6.45, 7) is 4.12. The maximum atomic E-state index is 9.92. The summed E-state index contributed by atoms with van der Waals surface area (Å²) >= 11 is 0. The number of aromatic nitrogens is 2. The van der Waals surface area contributed by atoms with E-state index in [0.717, 1.165) is 25.9 Å². The van der Waals surface area contributed by atoms with Gasteiger partial charge in [-0.1, -0.05) is 6.92 Å². The van der Waals surface area contributed by atoms with E-state index in [-0.39, 0.29) is 12.1 Å². The zero-order valence-corrected chi connectivity index (χ0v) is 11.9. The van der Waals surface area contributed by atoms with Crippen LogP contribution in [0.2, 0.25) is 0 Å². The number of aliphatic hydroxyl groups is 1. The first kappa shape index (κ1) is 13.1. The van der Waals surface area contributed by atoms with Crippen LogP contribution in [-0.4, -0.2) is 33.3 Å². The van der Waals surface area contributed by atoms with Crippen LogP contribution in [0, 0.1) is 5.92 Å². The van der Waals surface area contributed by atoms with Gasteiger partial charge in [-0.2, -0.15) is 0 Å². The number of nitrogens with zero attached hydrogens (tertiary/aromatic N) is 2. The largest absolute Gasteiger partial charge is 0.394 e. The van der Waals surface area contributed by atoms with Crippen molar-refractivity contribution in [2.75, 3.05) is 13.2 Å². The molecule has 106 valence electrons. The van der Waals surface area contributed by atoms with E-state index in [1.165, 1.54) is 37.1 Å². The van der Waals surface area contributed by atoms with Crippen molar-refractivity contribution >= 4 is 0 Å². The molecule has 1 heterocycles. The highest BCUT2D eigenvalue weighted by Gasteiger charge is 2.44. The van der Waals surface area contributed by atoms with Crippen LogP contribution < -0.4 is 5.32 Å². The molecule has 1 fully saturated rings. The Kier molecular flexibility index (Phi) is 3.63. The van der Waals surface area contributed by atoms with Crippen molar-refractivity contribution in [1.29, 1.82) is 0 Å². The molecule has 0 amide bonds. The molecule has 19 heavy (non-hydrogen) atoms. The Morgan fingerprint density at radius 3 is 2.89 bits per heavy atom. The molecule has 1 aromatic rings. The predicted octanol–water partition coefficient (Wildman–Crippen LogP) is 1.51. The highest BCUT2D eigenvalue weighted by atomic mass is 16.3. The molecule has 1 saturated carbocycles. The van der Waals surface area contributed by atoms with E-state index in [9.17, 15) is 5.11 Å². The number of hydrogen-bond acceptors (Lipinski definition) is 3. The van der Waals surface area contributed by atoms with E-state index in [0.29, 0.717) is 5.92 Å². The smallest absolute Gasteiger partial charge is 0.0952 e. The van der Waals surface area contributed by atoms with Crippen molar-refractivity contribution in [3.8, 4) is 0 Å². The lowest BCUT2D eigenvalue weighted by Crippen LogP contribution is -2.53. The van der Waals surface area contributed by atoms with Gasteiger partial charge in [0.1, 0.15) is 0 Å². The fourth-order valence-electron chi connectivity index (χ4n) is 3.52. The number of aryl methyl sites for hydroxylation is 1. The summed E-state index contributed by atoms with van der Waals surface area (Å²) < 4.78 is 2.30. The molecular formula is C15H25N3O. The van der Waals surface area contributed by atoms with Gasteiger partial charge in [-0.25, -0.2) is 4.98 Å². The van der Waals surface area contributed by atoms with Gasteiger partial charge in [0.25, 0.3) is 0 Å². The standard InChI is InChI=1S/C15H25N3O/c1-2-17-15(10-19,12-7-8-12)9-18-11-16-13-5-3-4-6-14(13)18/h11-12,17,19H,2-10H2,1H3. The monoisotopic (exact) mass is 263 g/mol. The molecular weight excluding hydrogens is 238 g/mol. The Morgan fingerprint density at radius 1 is 1.42 bits per heavy atom. The van der Waals surface area contributed by atoms with Crippen molar-refractivity contribution < 1.29 is 5.11 Å². The molecule has 3 rings (SSSR count). The van der Waals surface area contributed by atoms with Crippen LogP contribution in [0.4, 0.5) is 0 Å². The highest BCUT2D eigenvalue weighted by molar-refractivity contribution is 5.17. The summed E-state index contributed by atoms with van der Waals surface area (Å²) in [5, 5.41) is 13.5. The third-order valence-corrected chi connectivity index (χ3v) is 4.73. The number of rotatable bonds is 6. The summed E-state index contributed by atoms with van der Waals surface area (Å²) in [6, 6.07) is 0. The van der Waals surface area contributed by atoms with Crippen molar-refractivity contribution in [2.45, 2.75) is 57.5 Å². The van der Waals surface area contributed by atoms with Gasteiger partial charge in [0.2, 0.25) is 0 Å². The van der Waals surface area contributed by atoms with Gasteiger partial charge < -0.3 is 15.0 Å². The molecule has 2 aliphatic rings. The van der Waals surface area contributed by atoms with E-state index in [4.69, 9.17) is 0 Å². The summed E-state index contributed by atoms with van der Waals surface area (Å²) in [7, 11) is 0. The van der Waals surface area contributed by atoms with Crippen molar-refractivity contribution in [3.63, 3.8) is 0 Å². The molecule has 0 aromatic carbocycles. The normalized spacial score (nSPS) is 22.0. The second-order valence-electron chi connectivity index (χ2n) is 6.09. The van der Waals surface area contributed by atoms with E-state index in [2.05, 4.69) is 21.8 Å². The number of nitrogens with one attached hydrogen (secondary N) is 1. The molecule has 1 unspecified atom stereocenters. The van der Waals surface area contributed by atoms with E-state index in [1.54, 1.807) is 0 Å². The van der Waals surface area contributed by atoms with Crippen LogP contribution >= 0.6 is 0 Å². The molecule has 4 heteroatoms. The molecule has 0 saturated heterocycles. The summed E-state index contributed by atoms with van der Waals surface area (Å²) in [4.78, 5) is 4.57. The lowest BCUT2D eigenvalue weighted by atomic mass is 9.93. The van der Waals surface area contributed by atoms with Gasteiger partial charge in [-0.3, -0.25) is 0 Å². The van der Waals surface area contributed by atoms with Crippen LogP contribution in [0.1, 0.15) is 44.0 Å². The lowest BCUT2D eigenvalue weighted by Gasteiger charge is -2.34. The quantitative estimate of drug-likeness (QED) is 0.818. The summed E-state index contributed by atoms with van der Waals surface area (Å²) in [5.41, 5.74) is 2.55. The summed E-state index contributed by atoms with van der Waals surface area (Å²) in [5.74, 6) is 0.624. The molecule has 0 spiro atoms. The molecule has 0 aliphatic heterocycles. The third-order valence-electron chi connectivity index (χ3n) is 4.73. The Balaban J connectivity index is 1.83.